The third-order valence-corrected chi connectivity index (χ3v) is 5.84. The molecule has 2 fully saturated rings. The minimum Gasteiger partial charge on any atom is -0.354 e. The Labute approximate surface area is 168 Å². The van der Waals surface area contributed by atoms with Gasteiger partial charge in [-0.3, -0.25) is 4.79 Å². The van der Waals surface area contributed by atoms with Gasteiger partial charge in [-0.15, -0.1) is 10.2 Å². The van der Waals surface area contributed by atoms with E-state index >= 15 is 0 Å². The van der Waals surface area contributed by atoms with Gasteiger partial charge in [0.05, 0.1) is 0 Å². The van der Waals surface area contributed by atoms with Gasteiger partial charge in [-0.25, -0.2) is 4.99 Å². The van der Waals surface area contributed by atoms with E-state index in [9.17, 15) is 4.79 Å². The van der Waals surface area contributed by atoms with Crippen LogP contribution in [0.15, 0.2) is 4.99 Å². The summed E-state index contributed by atoms with van der Waals surface area (Å²) in [7, 11) is 1.97. The van der Waals surface area contributed by atoms with Crippen molar-refractivity contribution in [2.75, 3.05) is 13.1 Å². The van der Waals surface area contributed by atoms with E-state index in [1.807, 2.05) is 37.3 Å². The van der Waals surface area contributed by atoms with Gasteiger partial charge in [0.15, 0.2) is 11.8 Å². The minimum absolute atomic E-state index is 0.0476. The summed E-state index contributed by atoms with van der Waals surface area (Å²) >= 11 is 0. The molecule has 1 atom stereocenters. The lowest BCUT2D eigenvalue weighted by Crippen LogP contribution is -2.49. The van der Waals surface area contributed by atoms with Gasteiger partial charge in [0.1, 0.15) is 12.4 Å². The van der Waals surface area contributed by atoms with Crippen LogP contribution < -0.4 is 10.6 Å². The number of guanidine groups is 1. The van der Waals surface area contributed by atoms with Crippen molar-refractivity contribution in [3.05, 3.63) is 11.6 Å². The first kappa shape index (κ1) is 20.6. The zero-order valence-electron chi connectivity index (χ0n) is 17.7. The van der Waals surface area contributed by atoms with Gasteiger partial charge in [0, 0.05) is 38.1 Å². The predicted octanol–water partition coefficient (Wildman–Crippen LogP) is 1.75. The number of nitrogens with one attached hydrogen (secondary N) is 2. The summed E-state index contributed by atoms with van der Waals surface area (Å²) in [6.45, 7) is 7.91. The van der Waals surface area contributed by atoms with Crippen LogP contribution in [0.5, 0.6) is 0 Å². The second kappa shape index (κ2) is 9.39. The van der Waals surface area contributed by atoms with Gasteiger partial charge in [-0.1, -0.05) is 33.1 Å². The van der Waals surface area contributed by atoms with Gasteiger partial charge in [0.2, 0.25) is 5.91 Å². The number of nitrogens with zero attached hydrogens (tertiary/aromatic N) is 5. The van der Waals surface area contributed by atoms with E-state index in [2.05, 4.69) is 20.8 Å². The molecule has 1 aliphatic heterocycles. The largest absolute Gasteiger partial charge is 0.354 e. The SMILES string of the molecule is Cc1nnc(CN=C(NC2CCCCC2)NC2CCN(C(=O)C(C)C)C2)n1C. The quantitative estimate of drug-likeness (QED) is 0.592. The van der Waals surface area contributed by atoms with E-state index in [1.54, 1.807) is 0 Å². The maximum atomic E-state index is 12.3. The molecule has 3 rings (SSSR count). The van der Waals surface area contributed by atoms with Crippen LogP contribution >= 0.6 is 0 Å². The van der Waals surface area contributed by atoms with E-state index in [-0.39, 0.29) is 17.9 Å². The normalized spacial score (nSPS) is 21.4. The summed E-state index contributed by atoms with van der Waals surface area (Å²) in [5.41, 5.74) is 0. The van der Waals surface area contributed by atoms with Crippen LogP contribution in [0.2, 0.25) is 0 Å². The molecule has 1 saturated heterocycles. The fourth-order valence-corrected chi connectivity index (χ4v) is 3.95. The van der Waals surface area contributed by atoms with E-state index in [4.69, 9.17) is 4.99 Å². The third-order valence-electron chi connectivity index (χ3n) is 5.84. The Kier molecular flexibility index (Phi) is 6.91. The van der Waals surface area contributed by atoms with Crippen LogP contribution in [0.4, 0.5) is 0 Å². The van der Waals surface area contributed by atoms with Gasteiger partial charge in [-0.2, -0.15) is 0 Å². The maximum absolute atomic E-state index is 12.3. The lowest BCUT2D eigenvalue weighted by Gasteiger charge is -2.26. The van der Waals surface area contributed by atoms with Crippen molar-refractivity contribution in [2.45, 2.75) is 77.9 Å². The molecule has 2 heterocycles. The monoisotopic (exact) mass is 389 g/mol. The first-order valence-electron chi connectivity index (χ1n) is 10.6. The van der Waals surface area contributed by atoms with Gasteiger partial charge in [0.25, 0.3) is 0 Å². The number of rotatable bonds is 5. The lowest BCUT2D eigenvalue weighted by atomic mass is 9.96. The highest BCUT2D eigenvalue weighted by Crippen LogP contribution is 2.18. The number of aryl methyl sites for hydroxylation is 1. The maximum Gasteiger partial charge on any atom is 0.225 e. The third kappa shape index (κ3) is 5.23. The molecule has 1 aromatic rings. The van der Waals surface area contributed by atoms with Crippen molar-refractivity contribution >= 4 is 11.9 Å². The average Bonchev–Trinajstić information content (AvgIpc) is 3.27. The van der Waals surface area contributed by atoms with Crippen LogP contribution in [-0.4, -0.2) is 56.7 Å². The molecule has 1 saturated carbocycles. The molecule has 0 aromatic carbocycles. The van der Waals surface area contributed by atoms with Crippen molar-refractivity contribution in [1.82, 2.24) is 30.3 Å². The van der Waals surface area contributed by atoms with Crippen LogP contribution in [0.25, 0.3) is 0 Å². The highest BCUT2D eigenvalue weighted by molar-refractivity contribution is 5.81. The highest BCUT2D eigenvalue weighted by atomic mass is 16.2. The Bertz CT molecular complexity index is 691. The number of aliphatic imine (C=N–C) groups is 1. The topological polar surface area (TPSA) is 87.4 Å². The molecular formula is C20H35N7O. The van der Waals surface area contributed by atoms with E-state index < -0.39 is 0 Å². The van der Waals surface area contributed by atoms with Crippen molar-refractivity contribution in [3.8, 4) is 0 Å². The standard InChI is InChI=1S/C20H35N7O/c1-14(2)19(28)27-11-10-17(13-27)23-20(22-16-8-6-5-7-9-16)21-12-18-25-24-15(3)26(18)4/h14,16-17H,5-13H2,1-4H3,(H2,21,22,23). The van der Waals surface area contributed by atoms with E-state index in [1.165, 1.54) is 32.1 Å². The average molecular weight is 390 g/mol. The molecular weight excluding hydrogens is 354 g/mol. The lowest BCUT2D eigenvalue weighted by molar-refractivity contribution is -0.133. The number of likely N-dealkylation sites (tertiary alicyclic amines) is 1. The fraction of sp³-hybridized carbons (Fsp3) is 0.800. The summed E-state index contributed by atoms with van der Waals surface area (Å²) in [5, 5.41) is 15.5. The van der Waals surface area contributed by atoms with E-state index in [0.29, 0.717) is 12.6 Å². The molecule has 1 amide bonds. The summed E-state index contributed by atoms with van der Waals surface area (Å²) < 4.78 is 1.97. The molecule has 28 heavy (non-hydrogen) atoms. The van der Waals surface area contributed by atoms with Crippen molar-refractivity contribution in [1.29, 1.82) is 0 Å². The van der Waals surface area contributed by atoms with Gasteiger partial charge in [-0.05, 0) is 26.2 Å². The molecule has 0 radical (unpaired) electrons. The van der Waals surface area contributed by atoms with Gasteiger partial charge >= 0.3 is 0 Å². The summed E-state index contributed by atoms with van der Waals surface area (Å²) in [5.74, 6) is 2.85. The van der Waals surface area contributed by atoms with Gasteiger partial charge < -0.3 is 20.1 Å². The Morgan fingerprint density at radius 1 is 1.14 bits per heavy atom. The van der Waals surface area contributed by atoms with Crippen LogP contribution in [-0.2, 0) is 18.4 Å². The Balaban J connectivity index is 1.64. The molecule has 0 bridgehead atoms. The zero-order chi connectivity index (χ0) is 20.1. The number of amides is 1. The van der Waals surface area contributed by atoms with Crippen LogP contribution in [0.3, 0.4) is 0 Å². The van der Waals surface area contributed by atoms with E-state index in [0.717, 1.165) is 37.1 Å². The molecule has 1 aliphatic carbocycles. The Morgan fingerprint density at radius 2 is 1.86 bits per heavy atom. The minimum atomic E-state index is 0.0476. The summed E-state index contributed by atoms with van der Waals surface area (Å²) in [6.07, 6.45) is 7.19. The summed E-state index contributed by atoms with van der Waals surface area (Å²) in [4.78, 5) is 19.0. The Morgan fingerprint density at radius 3 is 2.50 bits per heavy atom. The first-order chi connectivity index (χ1) is 13.4. The Hall–Kier alpha value is -2.12. The molecule has 1 unspecified atom stereocenters. The van der Waals surface area contributed by atoms with Crippen molar-refractivity contribution in [3.63, 3.8) is 0 Å². The summed E-state index contributed by atoms with van der Waals surface area (Å²) in [6, 6.07) is 0.704. The fourth-order valence-electron chi connectivity index (χ4n) is 3.95. The number of carbonyl (C=O) groups is 1. The molecule has 156 valence electrons. The number of aromatic nitrogens is 3. The number of carbonyl (C=O) groups excluding carboxylic acids is 1. The van der Waals surface area contributed by atoms with Crippen molar-refractivity contribution < 1.29 is 4.79 Å². The second-order valence-electron chi connectivity index (χ2n) is 8.44. The first-order valence-corrected chi connectivity index (χ1v) is 10.6. The molecule has 1 aromatic heterocycles. The zero-order valence-corrected chi connectivity index (χ0v) is 17.7. The number of hydrogen-bond donors (Lipinski definition) is 2. The number of hydrogen-bond acceptors (Lipinski definition) is 4. The van der Waals surface area contributed by atoms with Crippen LogP contribution in [0, 0.1) is 12.8 Å². The molecule has 2 aliphatic rings. The molecule has 0 spiro atoms. The molecule has 8 nitrogen and oxygen atoms in total. The van der Waals surface area contributed by atoms with Crippen molar-refractivity contribution in [2.24, 2.45) is 18.0 Å². The smallest absolute Gasteiger partial charge is 0.225 e. The molecule has 2 N–H and O–H groups in total. The predicted molar refractivity (Wildman–Crippen MR) is 110 cm³/mol. The second-order valence-corrected chi connectivity index (χ2v) is 8.44. The van der Waals surface area contributed by atoms with Crippen LogP contribution in [0.1, 0.15) is 64.0 Å². The highest BCUT2D eigenvalue weighted by Gasteiger charge is 2.28. The molecule has 8 heteroatoms.